The van der Waals surface area contributed by atoms with E-state index in [1.54, 1.807) is 44.4 Å². The number of nitrogens with one attached hydrogen (secondary N) is 1. The van der Waals surface area contributed by atoms with Crippen LogP contribution in [0.25, 0.3) is 6.08 Å². The summed E-state index contributed by atoms with van der Waals surface area (Å²) in [7, 11) is 1.54. The molecule has 0 bridgehead atoms. The maximum atomic E-state index is 12.4. The van der Waals surface area contributed by atoms with Gasteiger partial charge in [0.15, 0.2) is 23.2 Å². The molecular formula is C24H23N3O5. The van der Waals surface area contributed by atoms with Gasteiger partial charge in [-0.15, -0.1) is 5.06 Å². The number of rotatable bonds is 7. The Hall–Kier alpha value is -4.07. The zero-order valence-electron chi connectivity index (χ0n) is 18.0. The number of methoxy groups -OCH3 is 1. The van der Waals surface area contributed by atoms with E-state index in [4.69, 9.17) is 24.5 Å². The van der Waals surface area contributed by atoms with E-state index in [-0.39, 0.29) is 11.4 Å². The second-order valence-electron chi connectivity index (χ2n) is 7.25. The Morgan fingerprint density at radius 2 is 1.91 bits per heavy atom. The Bertz CT molecular complexity index is 1170. The van der Waals surface area contributed by atoms with Crippen molar-refractivity contribution < 1.29 is 23.8 Å². The Labute approximate surface area is 185 Å². The van der Waals surface area contributed by atoms with Gasteiger partial charge in [0.1, 0.15) is 24.7 Å². The first kappa shape index (κ1) is 21.2. The van der Waals surface area contributed by atoms with E-state index in [9.17, 15) is 4.79 Å². The van der Waals surface area contributed by atoms with E-state index in [0.29, 0.717) is 41.9 Å². The number of amides is 1. The van der Waals surface area contributed by atoms with E-state index in [1.165, 1.54) is 5.06 Å². The molecule has 164 valence electrons. The van der Waals surface area contributed by atoms with Crippen molar-refractivity contribution in [2.24, 2.45) is 4.99 Å². The van der Waals surface area contributed by atoms with Crippen LogP contribution >= 0.6 is 0 Å². The lowest BCUT2D eigenvalue weighted by Crippen LogP contribution is -2.38. The number of carbonyl (C=O) groups is 1. The molecule has 2 aromatic carbocycles. The molecule has 0 saturated carbocycles. The van der Waals surface area contributed by atoms with Crippen molar-refractivity contribution in [1.29, 1.82) is 5.41 Å². The van der Waals surface area contributed by atoms with E-state index in [2.05, 4.69) is 4.99 Å². The van der Waals surface area contributed by atoms with E-state index in [0.717, 1.165) is 11.3 Å². The van der Waals surface area contributed by atoms with Crippen molar-refractivity contribution in [1.82, 2.24) is 5.06 Å². The average molecular weight is 433 g/mol. The number of hydrogen-bond donors (Lipinski definition) is 1. The molecule has 0 fully saturated rings. The van der Waals surface area contributed by atoms with Crippen LogP contribution in [0.4, 0.5) is 0 Å². The molecule has 0 saturated heterocycles. The SMILES string of the molecule is COc1cc(/C=C2/C(=N)N3OC(C)=CC3=NC2=O)ccc1OCCOc1cccc(C)c1. The first-order valence-corrected chi connectivity index (χ1v) is 10.0. The monoisotopic (exact) mass is 433 g/mol. The number of aliphatic imine (C=N–C) groups is 1. The minimum absolute atomic E-state index is 0.0688. The summed E-state index contributed by atoms with van der Waals surface area (Å²) in [5.41, 5.74) is 1.92. The van der Waals surface area contributed by atoms with Crippen molar-refractivity contribution in [3.63, 3.8) is 0 Å². The molecule has 32 heavy (non-hydrogen) atoms. The molecule has 0 unspecified atom stereocenters. The lowest BCUT2D eigenvalue weighted by Gasteiger charge is -2.23. The predicted octanol–water partition coefficient (Wildman–Crippen LogP) is 3.91. The summed E-state index contributed by atoms with van der Waals surface area (Å²) in [6, 6.07) is 13.1. The Balaban J connectivity index is 1.43. The zero-order valence-corrected chi connectivity index (χ0v) is 18.0. The smallest absolute Gasteiger partial charge is 0.282 e. The molecule has 4 rings (SSSR count). The van der Waals surface area contributed by atoms with Gasteiger partial charge in [0.2, 0.25) is 0 Å². The fraction of sp³-hybridized carbons (Fsp3) is 0.208. The van der Waals surface area contributed by atoms with Crippen LogP contribution in [0, 0.1) is 12.3 Å². The molecule has 1 N–H and O–H groups in total. The fourth-order valence-electron chi connectivity index (χ4n) is 3.28. The second-order valence-corrected chi connectivity index (χ2v) is 7.25. The molecule has 0 radical (unpaired) electrons. The molecule has 0 aliphatic carbocycles. The summed E-state index contributed by atoms with van der Waals surface area (Å²) in [4.78, 5) is 21.8. The third-order valence-electron chi connectivity index (χ3n) is 4.78. The van der Waals surface area contributed by atoms with Gasteiger partial charge in [-0.25, -0.2) is 0 Å². The number of fused-ring (bicyclic) bond motifs is 1. The van der Waals surface area contributed by atoms with E-state index >= 15 is 0 Å². The first-order chi connectivity index (χ1) is 15.4. The lowest BCUT2D eigenvalue weighted by molar-refractivity contribution is -0.114. The van der Waals surface area contributed by atoms with Gasteiger partial charge in [-0.05, 0) is 55.3 Å². The molecule has 8 nitrogen and oxygen atoms in total. The summed E-state index contributed by atoms with van der Waals surface area (Å²) >= 11 is 0. The van der Waals surface area contributed by atoms with Crippen LogP contribution in [-0.2, 0) is 9.63 Å². The van der Waals surface area contributed by atoms with Gasteiger partial charge in [0, 0.05) is 6.08 Å². The number of carbonyl (C=O) groups excluding carboxylic acids is 1. The molecule has 2 aromatic rings. The molecule has 0 atom stereocenters. The Morgan fingerprint density at radius 3 is 2.69 bits per heavy atom. The van der Waals surface area contributed by atoms with Crippen molar-refractivity contribution in [2.75, 3.05) is 20.3 Å². The highest BCUT2D eigenvalue weighted by atomic mass is 16.7. The van der Waals surface area contributed by atoms with Crippen LogP contribution in [0.15, 0.2) is 64.9 Å². The summed E-state index contributed by atoms with van der Waals surface area (Å²) in [6.07, 6.45) is 3.19. The minimum atomic E-state index is -0.497. The number of nitrogens with zero attached hydrogens (tertiary/aromatic N) is 2. The number of amidine groups is 2. The zero-order chi connectivity index (χ0) is 22.7. The largest absolute Gasteiger partial charge is 0.493 e. The number of aryl methyl sites for hydroxylation is 1. The molecule has 2 aliphatic rings. The highest BCUT2D eigenvalue weighted by molar-refractivity contribution is 6.32. The summed E-state index contributed by atoms with van der Waals surface area (Å²) in [5.74, 6) is 2.16. The van der Waals surface area contributed by atoms with Crippen LogP contribution in [0.3, 0.4) is 0 Å². The summed E-state index contributed by atoms with van der Waals surface area (Å²) < 4.78 is 16.9. The van der Waals surface area contributed by atoms with Crippen molar-refractivity contribution >= 4 is 23.7 Å². The van der Waals surface area contributed by atoms with Crippen LogP contribution < -0.4 is 14.2 Å². The fourth-order valence-corrected chi connectivity index (χ4v) is 3.28. The Kier molecular flexibility index (Phi) is 5.93. The highest BCUT2D eigenvalue weighted by Crippen LogP contribution is 2.30. The topological polar surface area (TPSA) is 93.4 Å². The number of ether oxygens (including phenoxy) is 3. The molecule has 1 amide bonds. The number of allylic oxidation sites excluding steroid dienone is 1. The molecular weight excluding hydrogens is 410 g/mol. The van der Waals surface area contributed by atoms with Gasteiger partial charge >= 0.3 is 0 Å². The molecule has 0 aromatic heterocycles. The van der Waals surface area contributed by atoms with Crippen molar-refractivity contribution in [3.05, 3.63) is 71.0 Å². The normalized spacial score (nSPS) is 16.3. The first-order valence-electron chi connectivity index (χ1n) is 10.0. The second kappa shape index (κ2) is 8.97. The van der Waals surface area contributed by atoms with Gasteiger partial charge in [-0.3, -0.25) is 10.2 Å². The van der Waals surface area contributed by atoms with Gasteiger partial charge in [-0.1, -0.05) is 18.2 Å². The van der Waals surface area contributed by atoms with E-state index < -0.39 is 5.91 Å². The molecule has 8 heteroatoms. The maximum absolute atomic E-state index is 12.4. The van der Waals surface area contributed by atoms with Gasteiger partial charge in [0.25, 0.3) is 5.91 Å². The maximum Gasteiger partial charge on any atom is 0.282 e. The number of hydrogen-bond acceptors (Lipinski definition) is 6. The average Bonchev–Trinajstić information content (AvgIpc) is 3.15. The molecule has 2 heterocycles. The highest BCUT2D eigenvalue weighted by Gasteiger charge is 2.34. The van der Waals surface area contributed by atoms with Crippen molar-refractivity contribution in [3.8, 4) is 17.2 Å². The van der Waals surface area contributed by atoms with Crippen LogP contribution in [0.5, 0.6) is 17.2 Å². The Morgan fingerprint density at radius 1 is 1.09 bits per heavy atom. The molecule has 0 spiro atoms. The molecule has 2 aliphatic heterocycles. The third kappa shape index (κ3) is 4.49. The quantitative estimate of drug-likeness (QED) is 0.526. The summed E-state index contributed by atoms with van der Waals surface area (Å²) in [6.45, 7) is 4.46. The van der Waals surface area contributed by atoms with Crippen molar-refractivity contribution in [2.45, 2.75) is 13.8 Å². The van der Waals surface area contributed by atoms with Gasteiger partial charge in [-0.2, -0.15) is 4.99 Å². The lowest BCUT2D eigenvalue weighted by atomic mass is 10.1. The van der Waals surface area contributed by atoms with E-state index in [1.807, 2.05) is 31.2 Å². The third-order valence-corrected chi connectivity index (χ3v) is 4.78. The summed E-state index contributed by atoms with van der Waals surface area (Å²) in [5, 5.41) is 9.54. The van der Waals surface area contributed by atoms with Gasteiger partial charge < -0.3 is 19.0 Å². The number of hydroxylamine groups is 2. The van der Waals surface area contributed by atoms with Crippen LogP contribution in [-0.4, -0.2) is 43.0 Å². The minimum Gasteiger partial charge on any atom is -0.493 e. The van der Waals surface area contributed by atoms with Crippen LogP contribution in [0.2, 0.25) is 0 Å². The van der Waals surface area contributed by atoms with Gasteiger partial charge in [0.05, 0.1) is 12.7 Å². The van der Waals surface area contributed by atoms with Crippen LogP contribution in [0.1, 0.15) is 18.1 Å². The predicted molar refractivity (Wildman–Crippen MR) is 120 cm³/mol. The number of benzene rings is 2. The standard InChI is InChI=1S/C24H23N3O5/c1-15-5-4-6-18(11-15)30-9-10-31-20-8-7-17(14-21(20)29-3)13-19-23(25)27-22(26-24(19)28)12-16(2)32-27/h4-8,11-14,25H,9-10H2,1-3H3/b19-13-,25-23?.